The van der Waals surface area contributed by atoms with Crippen molar-refractivity contribution in [2.24, 2.45) is 0 Å². The van der Waals surface area contributed by atoms with Crippen LogP contribution in [0.3, 0.4) is 0 Å². The highest BCUT2D eigenvalue weighted by Gasteiger charge is 2.13. The van der Waals surface area contributed by atoms with Crippen LogP contribution in [-0.4, -0.2) is 50.0 Å². The zero-order chi connectivity index (χ0) is 15.7. The number of para-hydroxylation sites is 1. The maximum atomic E-state index is 11.8. The average molecular weight is 296 g/mol. The summed E-state index contributed by atoms with van der Waals surface area (Å²) in [7, 11) is 1.60. The third kappa shape index (κ3) is 6.25. The molecular formula is C16H24O5. The molecule has 0 saturated heterocycles. The largest absolute Gasteiger partial charge is 0.490 e. The average Bonchev–Trinajstić information content (AvgIpc) is 2.50. The zero-order valence-corrected chi connectivity index (χ0v) is 12.9. The Morgan fingerprint density at radius 1 is 1.24 bits per heavy atom. The topological polar surface area (TPSA) is 65.0 Å². The van der Waals surface area contributed by atoms with Gasteiger partial charge in [0.25, 0.3) is 0 Å². The molecule has 0 fully saturated rings. The molecule has 5 heteroatoms. The molecule has 1 rings (SSSR count). The summed E-state index contributed by atoms with van der Waals surface area (Å²) in [6, 6.07) is 7.04. The first-order chi connectivity index (χ1) is 10.1. The lowest BCUT2D eigenvalue weighted by Crippen LogP contribution is -2.27. The molecule has 0 aromatic heterocycles. The minimum atomic E-state index is -0.755. The summed E-state index contributed by atoms with van der Waals surface area (Å²) in [5, 5.41) is 9.84. The number of hydrogen-bond acceptors (Lipinski definition) is 5. The van der Waals surface area contributed by atoms with Crippen LogP contribution in [0, 0.1) is 0 Å². The summed E-state index contributed by atoms with van der Waals surface area (Å²) in [4.78, 5) is 11.8. The van der Waals surface area contributed by atoms with Gasteiger partial charge in [0.1, 0.15) is 18.5 Å². The van der Waals surface area contributed by atoms with Crippen molar-refractivity contribution in [3.8, 4) is 5.75 Å². The molecule has 0 heterocycles. The highest BCUT2D eigenvalue weighted by molar-refractivity contribution is 5.98. The van der Waals surface area contributed by atoms with Crippen LogP contribution in [0.5, 0.6) is 5.75 Å². The van der Waals surface area contributed by atoms with Crippen molar-refractivity contribution >= 4 is 5.78 Å². The number of methoxy groups -OCH3 is 1. The zero-order valence-electron chi connectivity index (χ0n) is 12.9. The number of rotatable bonds is 10. The van der Waals surface area contributed by atoms with E-state index in [1.54, 1.807) is 38.3 Å². The van der Waals surface area contributed by atoms with Crippen LogP contribution in [0.1, 0.15) is 30.6 Å². The molecule has 21 heavy (non-hydrogen) atoms. The Hall–Kier alpha value is -1.43. The third-order valence-electron chi connectivity index (χ3n) is 2.91. The predicted molar refractivity (Wildman–Crippen MR) is 79.9 cm³/mol. The predicted octanol–water partition coefficient (Wildman–Crippen LogP) is 2.07. The fourth-order valence-electron chi connectivity index (χ4n) is 1.81. The Morgan fingerprint density at radius 3 is 2.62 bits per heavy atom. The Morgan fingerprint density at radius 2 is 1.95 bits per heavy atom. The van der Waals surface area contributed by atoms with E-state index in [2.05, 4.69) is 0 Å². The van der Waals surface area contributed by atoms with Gasteiger partial charge >= 0.3 is 0 Å². The van der Waals surface area contributed by atoms with Gasteiger partial charge in [-0.2, -0.15) is 0 Å². The number of aliphatic hydroxyl groups excluding tert-OH is 1. The summed E-state index contributed by atoms with van der Waals surface area (Å²) in [6.45, 7) is 4.38. The minimum absolute atomic E-state index is 0.0186. The summed E-state index contributed by atoms with van der Waals surface area (Å²) >= 11 is 0. The molecule has 0 radical (unpaired) electrons. The quantitative estimate of drug-likeness (QED) is 0.670. The first-order valence-corrected chi connectivity index (χ1v) is 7.12. The Labute approximate surface area is 125 Å². The molecule has 2 unspecified atom stereocenters. The van der Waals surface area contributed by atoms with E-state index in [0.717, 1.165) is 0 Å². The van der Waals surface area contributed by atoms with Crippen LogP contribution in [0.25, 0.3) is 0 Å². The van der Waals surface area contributed by atoms with Crippen LogP contribution >= 0.6 is 0 Å². The monoisotopic (exact) mass is 296 g/mol. The van der Waals surface area contributed by atoms with E-state index in [-0.39, 0.29) is 25.1 Å². The van der Waals surface area contributed by atoms with Crippen LogP contribution in [0.15, 0.2) is 24.3 Å². The van der Waals surface area contributed by atoms with Crippen LogP contribution in [-0.2, 0) is 9.47 Å². The van der Waals surface area contributed by atoms with E-state index in [9.17, 15) is 9.90 Å². The summed E-state index contributed by atoms with van der Waals surface area (Å²) in [5.41, 5.74) is 0.542. The van der Waals surface area contributed by atoms with Gasteiger partial charge in [-0.15, -0.1) is 0 Å². The molecule has 0 spiro atoms. The van der Waals surface area contributed by atoms with Crippen molar-refractivity contribution in [1.29, 1.82) is 0 Å². The molecule has 0 aliphatic carbocycles. The van der Waals surface area contributed by atoms with E-state index < -0.39 is 6.10 Å². The number of ketones is 1. The van der Waals surface area contributed by atoms with Crippen molar-refractivity contribution in [2.45, 2.75) is 32.5 Å². The van der Waals surface area contributed by atoms with E-state index in [4.69, 9.17) is 14.2 Å². The Kier molecular flexibility index (Phi) is 7.97. The first-order valence-electron chi connectivity index (χ1n) is 7.12. The lowest BCUT2D eigenvalue weighted by atomic mass is 10.1. The molecular weight excluding hydrogens is 272 g/mol. The molecule has 118 valence electrons. The van der Waals surface area contributed by atoms with Crippen LogP contribution in [0.2, 0.25) is 0 Å². The maximum Gasteiger partial charge on any atom is 0.166 e. The SMILES string of the molecule is CCC(=O)c1ccccc1OCC(O)COC(C)COC. The number of ether oxygens (including phenoxy) is 3. The lowest BCUT2D eigenvalue weighted by molar-refractivity contribution is -0.0423. The lowest BCUT2D eigenvalue weighted by Gasteiger charge is -2.17. The summed E-state index contributed by atoms with van der Waals surface area (Å²) < 4.78 is 15.9. The number of benzene rings is 1. The molecule has 0 saturated carbocycles. The minimum Gasteiger partial charge on any atom is -0.490 e. The number of aliphatic hydroxyl groups is 1. The van der Waals surface area contributed by atoms with Crippen molar-refractivity contribution in [1.82, 2.24) is 0 Å². The van der Waals surface area contributed by atoms with Crippen molar-refractivity contribution in [2.75, 3.05) is 26.9 Å². The van der Waals surface area contributed by atoms with Gasteiger partial charge in [0, 0.05) is 13.5 Å². The third-order valence-corrected chi connectivity index (χ3v) is 2.91. The fraction of sp³-hybridized carbons (Fsp3) is 0.562. The summed E-state index contributed by atoms with van der Waals surface area (Å²) in [5.74, 6) is 0.512. The van der Waals surface area contributed by atoms with Gasteiger partial charge in [-0.3, -0.25) is 4.79 Å². The first kappa shape index (κ1) is 17.6. The highest BCUT2D eigenvalue weighted by Crippen LogP contribution is 2.19. The van der Waals surface area contributed by atoms with E-state index in [0.29, 0.717) is 24.3 Å². The van der Waals surface area contributed by atoms with E-state index >= 15 is 0 Å². The number of carbonyl (C=O) groups excluding carboxylic acids is 1. The van der Waals surface area contributed by atoms with E-state index in [1.807, 2.05) is 6.92 Å². The van der Waals surface area contributed by atoms with E-state index in [1.165, 1.54) is 0 Å². The second-order valence-electron chi connectivity index (χ2n) is 4.84. The number of hydrogen-bond donors (Lipinski definition) is 1. The molecule has 0 aliphatic heterocycles. The molecule has 5 nitrogen and oxygen atoms in total. The molecule has 1 aromatic carbocycles. The molecule has 0 aliphatic rings. The molecule has 0 amide bonds. The van der Waals surface area contributed by atoms with Gasteiger partial charge in [0.15, 0.2) is 5.78 Å². The van der Waals surface area contributed by atoms with Crippen LogP contribution in [0.4, 0.5) is 0 Å². The molecule has 1 N–H and O–H groups in total. The molecule has 2 atom stereocenters. The Balaban J connectivity index is 2.46. The van der Waals surface area contributed by atoms with Gasteiger partial charge in [-0.05, 0) is 19.1 Å². The summed E-state index contributed by atoms with van der Waals surface area (Å²) in [6.07, 6.45) is -0.423. The normalized spacial score (nSPS) is 13.7. The smallest absolute Gasteiger partial charge is 0.166 e. The van der Waals surface area contributed by atoms with Crippen LogP contribution < -0.4 is 4.74 Å². The molecule has 1 aromatic rings. The standard InChI is InChI=1S/C16H24O5/c1-4-15(18)14-7-5-6-8-16(14)21-11-13(17)10-20-12(2)9-19-3/h5-8,12-13,17H,4,9-11H2,1-3H3. The second kappa shape index (κ2) is 9.50. The fourth-order valence-corrected chi connectivity index (χ4v) is 1.81. The van der Waals surface area contributed by atoms with Crippen molar-refractivity contribution in [3.63, 3.8) is 0 Å². The van der Waals surface area contributed by atoms with Gasteiger partial charge < -0.3 is 19.3 Å². The maximum absolute atomic E-state index is 11.8. The van der Waals surface area contributed by atoms with Crippen molar-refractivity contribution in [3.05, 3.63) is 29.8 Å². The van der Waals surface area contributed by atoms with Gasteiger partial charge in [-0.25, -0.2) is 0 Å². The van der Waals surface area contributed by atoms with Gasteiger partial charge in [0.05, 0.1) is 24.9 Å². The van der Waals surface area contributed by atoms with Gasteiger partial charge in [-0.1, -0.05) is 19.1 Å². The highest BCUT2D eigenvalue weighted by atomic mass is 16.5. The number of carbonyl (C=O) groups is 1. The second-order valence-corrected chi connectivity index (χ2v) is 4.84. The number of Topliss-reactive ketones (excluding diaryl/α,β-unsaturated/α-hetero) is 1. The molecule has 0 bridgehead atoms. The van der Waals surface area contributed by atoms with Gasteiger partial charge in [0.2, 0.25) is 0 Å². The Bertz CT molecular complexity index is 432. The van der Waals surface area contributed by atoms with Crippen molar-refractivity contribution < 1.29 is 24.1 Å².